The lowest BCUT2D eigenvalue weighted by molar-refractivity contribution is 0.621. The second kappa shape index (κ2) is 4.94. The molecule has 0 bridgehead atoms. The minimum Gasteiger partial charge on any atom is -0.335 e. The summed E-state index contributed by atoms with van der Waals surface area (Å²) >= 11 is 3.64. The van der Waals surface area contributed by atoms with Crippen molar-refractivity contribution >= 4 is 44.0 Å². The average Bonchev–Trinajstić information content (AvgIpc) is 2.96. The third-order valence-corrected chi connectivity index (χ3v) is 5.47. The summed E-state index contributed by atoms with van der Waals surface area (Å²) in [5, 5.41) is 8.54. The molecule has 1 aliphatic heterocycles. The molecule has 0 fully saturated rings. The fourth-order valence-corrected chi connectivity index (χ4v) is 3.78. The molecule has 4 heteroatoms. The summed E-state index contributed by atoms with van der Waals surface area (Å²) in [5.74, 6) is 0.678. The van der Waals surface area contributed by atoms with Crippen molar-refractivity contribution in [3.63, 3.8) is 0 Å². The first-order valence-corrected chi connectivity index (χ1v) is 7.94. The van der Waals surface area contributed by atoms with Gasteiger partial charge in [0.1, 0.15) is 0 Å². The molecule has 0 spiro atoms. The Labute approximate surface area is 116 Å². The van der Waals surface area contributed by atoms with Crippen LogP contribution in [0.4, 0.5) is 5.69 Å². The van der Waals surface area contributed by atoms with Gasteiger partial charge in [0.2, 0.25) is 0 Å². The number of hydrogen-bond donors (Lipinski definition) is 1. The number of aliphatic imine (C=N–C) groups is 1. The van der Waals surface area contributed by atoms with Gasteiger partial charge in [-0.1, -0.05) is 25.6 Å². The maximum absolute atomic E-state index is 4.57. The monoisotopic (exact) mass is 276 g/mol. The number of rotatable bonds is 2. The Morgan fingerprint density at radius 3 is 3.00 bits per heavy atom. The molecule has 0 radical (unpaired) electrons. The summed E-state index contributed by atoms with van der Waals surface area (Å²) in [7, 11) is 0. The van der Waals surface area contributed by atoms with Gasteiger partial charge in [-0.05, 0) is 40.9 Å². The van der Waals surface area contributed by atoms with Crippen LogP contribution in [0.1, 0.15) is 13.8 Å². The highest BCUT2D eigenvalue weighted by Crippen LogP contribution is 2.29. The van der Waals surface area contributed by atoms with Crippen LogP contribution in [0.3, 0.4) is 0 Å². The van der Waals surface area contributed by atoms with Gasteiger partial charge in [0.05, 0.1) is 6.54 Å². The quantitative estimate of drug-likeness (QED) is 0.877. The summed E-state index contributed by atoms with van der Waals surface area (Å²) in [6, 6.07) is 8.65. The van der Waals surface area contributed by atoms with Crippen LogP contribution in [-0.2, 0) is 0 Å². The lowest BCUT2D eigenvalue weighted by atomic mass is 10.1. The summed E-state index contributed by atoms with van der Waals surface area (Å²) < 4.78 is 1.33. The number of hydrogen-bond acceptors (Lipinski definition) is 4. The number of amidine groups is 1. The van der Waals surface area contributed by atoms with Crippen molar-refractivity contribution in [3.05, 3.63) is 29.6 Å². The summed E-state index contributed by atoms with van der Waals surface area (Å²) in [6.07, 6.45) is 0. The van der Waals surface area contributed by atoms with E-state index in [9.17, 15) is 0 Å². The Balaban J connectivity index is 1.73. The molecule has 2 aromatic rings. The Kier molecular flexibility index (Phi) is 3.31. The van der Waals surface area contributed by atoms with E-state index >= 15 is 0 Å². The van der Waals surface area contributed by atoms with E-state index in [1.807, 2.05) is 11.8 Å². The zero-order valence-corrected chi connectivity index (χ0v) is 12.1. The van der Waals surface area contributed by atoms with Gasteiger partial charge in [0.15, 0.2) is 5.17 Å². The number of nitrogens with one attached hydrogen (secondary N) is 1. The van der Waals surface area contributed by atoms with Crippen molar-refractivity contribution in [2.45, 2.75) is 19.1 Å². The molecule has 2 heterocycles. The Morgan fingerprint density at radius 2 is 2.22 bits per heavy atom. The van der Waals surface area contributed by atoms with Crippen molar-refractivity contribution in [2.24, 2.45) is 10.9 Å². The van der Waals surface area contributed by atoms with E-state index in [0.29, 0.717) is 11.2 Å². The fourth-order valence-electron chi connectivity index (χ4n) is 1.97. The first-order chi connectivity index (χ1) is 8.72. The van der Waals surface area contributed by atoms with Gasteiger partial charge < -0.3 is 5.32 Å². The average molecular weight is 276 g/mol. The SMILES string of the molecule is CC(C)C1CN=C(Nc2ccc3sccc3c2)S1. The number of nitrogens with zero attached hydrogens (tertiary/aromatic N) is 1. The third kappa shape index (κ3) is 2.40. The molecule has 0 aliphatic carbocycles. The predicted molar refractivity (Wildman–Crippen MR) is 84.0 cm³/mol. The molecule has 0 saturated heterocycles. The number of thiophene rings is 1. The maximum atomic E-state index is 4.57. The lowest BCUT2D eigenvalue weighted by Gasteiger charge is -2.12. The highest BCUT2D eigenvalue weighted by Gasteiger charge is 2.22. The van der Waals surface area contributed by atoms with Crippen LogP contribution in [0.15, 0.2) is 34.6 Å². The second-order valence-corrected chi connectivity index (χ2v) is 7.02. The highest BCUT2D eigenvalue weighted by molar-refractivity contribution is 8.15. The standard InChI is InChI=1S/C14H16N2S2/c1-9(2)13-8-15-14(18-13)16-11-3-4-12-10(7-11)5-6-17-12/h3-7,9,13H,8H2,1-2H3,(H,15,16). The number of thioether (sulfide) groups is 1. The zero-order valence-electron chi connectivity index (χ0n) is 10.5. The summed E-state index contributed by atoms with van der Waals surface area (Å²) in [6.45, 7) is 5.45. The first kappa shape index (κ1) is 12.1. The molecule has 0 amide bonds. The van der Waals surface area contributed by atoms with Crippen molar-refractivity contribution in [2.75, 3.05) is 11.9 Å². The van der Waals surface area contributed by atoms with E-state index in [-0.39, 0.29) is 0 Å². The van der Waals surface area contributed by atoms with Crippen LogP contribution < -0.4 is 5.32 Å². The van der Waals surface area contributed by atoms with Crippen LogP contribution in [0.25, 0.3) is 10.1 Å². The molecule has 2 nitrogen and oxygen atoms in total. The van der Waals surface area contributed by atoms with E-state index < -0.39 is 0 Å². The minimum absolute atomic E-state index is 0.623. The van der Waals surface area contributed by atoms with Crippen molar-refractivity contribution in [1.29, 1.82) is 0 Å². The molecule has 0 saturated carbocycles. The molecular formula is C14H16N2S2. The Bertz CT molecular complexity index is 586. The topological polar surface area (TPSA) is 24.4 Å². The number of benzene rings is 1. The van der Waals surface area contributed by atoms with Crippen molar-refractivity contribution < 1.29 is 0 Å². The third-order valence-electron chi connectivity index (χ3n) is 3.13. The van der Waals surface area contributed by atoms with E-state index in [1.54, 1.807) is 11.3 Å². The van der Waals surface area contributed by atoms with Crippen LogP contribution in [0, 0.1) is 5.92 Å². The van der Waals surface area contributed by atoms with Gasteiger partial charge in [-0.25, -0.2) is 0 Å². The lowest BCUT2D eigenvalue weighted by Crippen LogP contribution is -2.13. The maximum Gasteiger partial charge on any atom is 0.161 e. The molecule has 1 N–H and O–H groups in total. The number of fused-ring (bicyclic) bond motifs is 1. The van der Waals surface area contributed by atoms with Crippen LogP contribution >= 0.6 is 23.1 Å². The largest absolute Gasteiger partial charge is 0.335 e. The second-order valence-electron chi connectivity index (χ2n) is 4.84. The van der Waals surface area contributed by atoms with Gasteiger partial charge in [-0.2, -0.15) is 0 Å². The minimum atomic E-state index is 0.623. The van der Waals surface area contributed by atoms with E-state index in [4.69, 9.17) is 0 Å². The van der Waals surface area contributed by atoms with Gasteiger partial charge >= 0.3 is 0 Å². The van der Waals surface area contributed by atoms with Gasteiger partial charge in [0, 0.05) is 15.6 Å². The number of anilines is 1. The molecule has 1 aromatic heterocycles. The van der Waals surface area contributed by atoms with E-state index in [1.165, 1.54) is 10.1 Å². The van der Waals surface area contributed by atoms with Gasteiger partial charge in [0.25, 0.3) is 0 Å². The molecule has 18 heavy (non-hydrogen) atoms. The van der Waals surface area contributed by atoms with Crippen LogP contribution in [0.2, 0.25) is 0 Å². The molecular weight excluding hydrogens is 260 g/mol. The van der Waals surface area contributed by atoms with Crippen molar-refractivity contribution in [3.8, 4) is 0 Å². The zero-order chi connectivity index (χ0) is 12.5. The van der Waals surface area contributed by atoms with E-state index in [0.717, 1.165) is 17.4 Å². The van der Waals surface area contributed by atoms with Crippen molar-refractivity contribution in [1.82, 2.24) is 0 Å². The molecule has 94 valence electrons. The van der Waals surface area contributed by atoms with Gasteiger partial charge in [-0.3, -0.25) is 4.99 Å². The predicted octanol–water partition coefficient (Wildman–Crippen LogP) is 4.44. The smallest absolute Gasteiger partial charge is 0.161 e. The van der Waals surface area contributed by atoms with Gasteiger partial charge in [-0.15, -0.1) is 11.3 Å². The first-order valence-electron chi connectivity index (χ1n) is 6.18. The van der Waals surface area contributed by atoms with Crippen LogP contribution in [-0.4, -0.2) is 17.0 Å². The summed E-state index contributed by atoms with van der Waals surface area (Å²) in [5.41, 5.74) is 1.14. The Hall–Kier alpha value is -1.00. The highest BCUT2D eigenvalue weighted by atomic mass is 32.2. The molecule has 1 atom stereocenters. The molecule has 1 aromatic carbocycles. The fraction of sp³-hybridized carbons (Fsp3) is 0.357. The van der Waals surface area contributed by atoms with Crippen LogP contribution in [0.5, 0.6) is 0 Å². The molecule has 3 rings (SSSR count). The molecule has 1 unspecified atom stereocenters. The Morgan fingerprint density at radius 1 is 1.33 bits per heavy atom. The normalized spacial score (nSPS) is 19.5. The van der Waals surface area contributed by atoms with E-state index in [2.05, 4.69) is 53.8 Å². The summed E-state index contributed by atoms with van der Waals surface area (Å²) in [4.78, 5) is 4.57. The molecule has 1 aliphatic rings.